The van der Waals surface area contributed by atoms with E-state index in [0.717, 1.165) is 62.6 Å². The smallest absolute Gasteiger partial charge is 0.247 e. The number of hydrogen-bond donors (Lipinski definition) is 3. The number of anilines is 4. The van der Waals surface area contributed by atoms with Gasteiger partial charge in [-0.1, -0.05) is 36.4 Å². The first-order valence-electron chi connectivity index (χ1n) is 13.0. The molecule has 3 aromatic rings. The summed E-state index contributed by atoms with van der Waals surface area (Å²) in [5.74, 6) is 0.152. The molecule has 1 saturated heterocycles. The highest BCUT2D eigenvalue weighted by molar-refractivity contribution is 6.33. The summed E-state index contributed by atoms with van der Waals surface area (Å²) in [6.45, 7) is 14.7. The number of rotatable bonds is 11. The van der Waals surface area contributed by atoms with Gasteiger partial charge < -0.3 is 20.9 Å². The Bertz CT molecular complexity index is 1240. The molecule has 1 fully saturated rings. The molecule has 0 unspecified atom stereocenters. The summed E-state index contributed by atoms with van der Waals surface area (Å²) in [6, 6.07) is 16.0. The molecule has 0 saturated carbocycles. The molecule has 200 valence electrons. The fourth-order valence-electron chi connectivity index (χ4n) is 4.44. The Labute approximate surface area is 230 Å². The van der Waals surface area contributed by atoms with E-state index in [1.54, 1.807) is 12.3 Å². The summed E-state index contributed by atoms with van der Waals surface area (Å²) in [4.78, 5) is 25.7. The van der Waals surface area contributed by atoms with Crippen LogP contribution in [0.3, 0.4) is 0 Å². The Hall–Kier alpha value is -3.46. The van der Waals surface area contributed by atoms with Crippen molar-refractivity contribution < 1.29 is 4.79 Å². The average Bonchev–Trinajstić information content (AvgIpc) is 2.93. The van der Waals surface area contributed by atoms with Gasteiger partial charge in [0, 0.05) is 61.4 Å². The molecule has 1 aromatic heterocycles. The lowest BCUT2D eigenvalue weighted by Crippen LogP contribution is -2.49. The Balaban J connectivity index is 1.33. The van der Waals surface area contributed by atoms with E-state index in [1.807, 2.05) is 36.4 Å². The third-order valence-electron chi connectivity index (χ3n) is 6.57. The van der Waals surface area contributed by atoms with Crippen molar-refractivity contribution in [3.63, 3.8) is 0 Å². The molecule has 8 nitrogen and oxygen atoms in total. The standard InChI is InChI=1S/C29H36ClN7O/c1-4-27(38)33-24-10-5-8-22(18-24)28-26(30)20-32-29(35-28)34-25-11-6-9-23(19-25)31-12-7-13-36-14-16-37(17-15-36)21(2)3/h4-6,8-11,18-21,31H,1,7,12-17H2,2-3H3,(H,33,38)(H,32,34,35). The number of nitrogens with one attached hydrogen (secondary N) is 3. The number of aromatic nitrogens is 2. The molecule has 1 amide bonds. The monoisotopic (exact) mass is 533 g/mol. The van der Waals surface area contributed by atoms with Crippen molar-refractivity contribution in [2.75, 3.05) is 55.2 Å². The molecule has 1 aliphatic rings. The molecule has 4 rings (SSSR count). The highest BCUT2D eigenvalue weighted by Crippen LogP contribution is 2.29. The second kappa shape index (κ2) is 13.4. The normalized spacial score (nSPS) is 14.3. The Morgan fingerprint density at radius 3 is 2.58 bits per heavy atom. The second-order valence-corrected chi connectivity index (χ2v) is 10.0. The van der Waals surface area contributed by atoms with E-state index in [4.69, 9.17) is 11.6 Å². The largest absolute Gasteiger partial charge is 0.385 e. The van der Waals surface area contributed by atoms with E-state index in [1.165, 1.54) is 6.08 Å². The molecule has 38 heavy (non-hydrogen) atoms. The van der Waals surface area contributed by atoms with Gasteiger partial charge in [0.2, 0.25) is 11.9 Å². The van der Waals surface area contributed by atoms with Gasteiger partial charge in [0.15, 0.2) is 0 Å². The maximum atomic E-state index is 11.7. The Morgan fingerprint density at radius 1 is 1.08 bits per heavy atom. The number of nitrogens with zero attached hydrogens (tertiary/aromatic N) is 4. The van der Waals surface area contributed by atoms with Gasteiger partial charge in [-0.25, -0.2) is 9.97 Å². The Morgan fingerprint density at radius 2 is 1.82 bits per heavy atom. The van der Waals surface area contributed by atoms with Crippen LogP contribution in [0.25, 0.3) is 11.3 Å². The first-order chi connectivity index (χ1) is 18.4. The number of carbonyl (C=O) groups excluding carboxylic acids is 1. The van der Waals surface area contributed by atoms with Crippen LogP contribution >= 0.6 is 11.6 Å². The van der Waals surface area contributed by atoms with Gasteiger partial charge in [-0.15, -0.1) is 0 Å². The first kappa shape index (κ1) is 27.6. The molecule has 2 heterocycles. The molecule has 0 bridgehead atoms. The highest BCUT2D eigenvalue weighted by atomic mass is 35.5. The number of piperazine rings is 1. The predicted octanol–water partition coefficient (Wildman–Crippen LogP) is 5.49. The van der Waals surface area contributed by atoms with E-state index in [0.29, 0.717) is 28.4 Å². The summed E-state index contributed by atoms with van der Waals surface area (Å²) in [7, 11) is 0. The molecule has 1 aliphatic heterocycles. The van der Waals surface area contributed by atoms with Gasteiger partial charge in [-0.2, -0.15) is 0 Å². The third kappa shape index (κ3) is 7.77. The van der Waals surface area contributed by atoms with Crippen LogP contribution in [-0.2, 0) is 4.79 Å². The predicted molar refractivity (Wildman–Crippen MR) is 157 cm³/mol. The van der Waals surface area contributed by atoms with Crippen LogP contribution in [0.2, 0.25) is 5.02 Å². The van der Waals surface area contributed by atoms with E-state index >= 15 is 0 Å². The van der Waals surface area contributed by atoms with Crippen LogP contribution in [0, 0.1) is 0 Å². The van der Waals surface area contributed by atoms with Gasteiger partial charge in [-0.3, -0.25) is 9.69 Å². The molecule has 0 radical (unpaired) electrons. The minimum Gasteiger partial charge on any atom is -0.385 e. The number of carbonyl (C=O) groups is 1. The van der Waals surface area contributed by atoms with Crippen LogP contribution in [-0.4, -0.2) is 71.0 Å². The molecule has 9 heteroatoms. The summed E-state index contributed by atoms with van der Waals surface area (Å²) >= 11 is 6.42. The SMILES string of the molecule is C=CC(=O)Nc1cccc(-c2nc(Nc3cccc(NCCCN4CCN(C(C)C)CC4)c3)ncc2Cl)c1. The molecule has 2 aromatic carbocycles. The number of amides is 1. The van der Waals surface area contributed by atoms with Crippen LogP contribution < -0.4 is 16.0 Å². The maximum absolute atomic E-state index is 11.7. The van der Waals surface area contributed by atoms with E-state index in [2.05, 4.69) is 62.2 Å². The lowest BCUT2D eigenvalue weighted by molar-refractivity contribution is -0.111. The molecule has 0 aliphatic carbocycles. The fraction of sp³-hybridized carbons (Fsp3) is 0.345. The lowest BCUT2D eigenvalue weighted by atomic mass is 10.1. The number of halogens is 1. The van der Waals surface area contributed by atoms with E-state index < -0.39 is 0 Å². The second-order valence-electron chi connectivity index (χ2n) is 9.62. The first-order valence-corrected chi connectivity index (χ1v) is 13.4. The zero-order chi connectivity index (χ0) is 26.9. The van der Waals surface area contributed by atoms with Crippen molar-refractivity contribution in [2.24, 2.45) is 0 Å². The van der Waals surface area contributed by atoms with Gasteiger partial charge in [0.05, 0.1) is 16.9 Å². The molecule has 3 N–H and O–H groups in total. The van der Waals surface area contributed by atoms with Crippen molar-refractivity contribution in [1.29, 1.82) is 0 Å². The van der Waals surface area contributed by atoms with Crippen molar-refractivity contribution in [2.45, 2.75) is 26.3 Å². The lowest BCUT2D eigenvalue weighted by Gasteiger charge is -2.36. The highest BCUT2D eigenvalue weighted by Gasteiger charge is 2.18. The van der Waals surface area contributed by atoms with Crippen molar-refractivity contribution in [3.8, 4) is 11.3 Å². The van der Waals surface area contributed by atoms with Gasteiger partial charge in [0.1, 0.15) is 0 Å². The topological polar surface area (TPSA) is 85.4 Å². The zero-order valence-corrected chi connectivity index (χ0v) is 22.8. The van der Waals surface area contributed by atoms with Crippen molar-refractivity contribution in [3.05, 3.63) is 72.4 Å². The van der Waals surface area contributed by atoms with Gasteiger partial charge in [-0.05, 0) is 63.2 Å². The summed E-state index contributed by atoms with van der Waals surface area (Å²) in [5, 5.41) is 9.98. The van der Waals surface area contributed by atoms with Crippen molar-refractivity contribution >= 4 is 40.5 Å². The quantitative estimate of drug-likeness (QED) is 0.222. The van der Waals surface area contributed by atoms with Crippen molar-refractivity contribution in [1.82, 2.24) is 19.8 Å². The van der Waals surface area contributed by atoms with E-state index in [9.17, 15) is 4.79 Å². The molecular weight excluding hydrogens is 498 g/mol. The Kier molecular flexibility index (Phi) is 9.70. The van der Waals surface area contributed by atoms with Gasteiger partial charge >= 0.3 is 0 Å². The van der Waals surface area contributed by atoms with Gasteiger partial charge in [0.25, 0.3) is 0 Å². The average molecular weight is 534 g/mol. The number of hydrogen-bond acceptors (Lipinski definition) is 7. The van der Waals surface area contributed by atoms with Crippen LogP contribution in [0.15, 0.2) is 67.4 Å². The summed E-state index contributed by atoms with van der Waals surface area (Å²) < 4.78 is 0. The zero-order valence-electron chi connectivity index (χ0n) is 22.1. The van der Waals surface area contributed by atoms with Crippen LogP contribution in [0.1, 0.15) is 20.3 Å². The molecular formula is C29H36ClN7O. The third-order valence-corrected chi connectivity index (χ3v) is 6.85. The number of benzene rings is 2. The maximum Gasteiger partial charge on any atom is 0.247 e. The minimum absolute atomic E-state index is 0.281. The summed E-state index contributed by atoms with van der Waals surface area (Å²) in [6.07, 6.45) is 3.89. The van der Waals surface area contributed by atoms with E-state index in [-0.39, 0.29) is 5.91 Å². The summed E-state index contributed by atoms with van der Waals surface area (Å²) in [5.41, 5.74) is 3.89. The molecule has 0 spiro atoms. The minimum atomic E-state index is -0.281. The van der Waals surface area contributed by atoms with Crippen LogP contribution in [0.5, 0.6) is 0 Å². The molecule has 0 atom stereocenters. The van der Waals surface area contributed by atoms with Crippen LogP contribution in [0.4, 0.5) is 23.0 Å². The fourth-order valence-corrected chi connectivity index (χ4v) is 4.64.